The van der Waals surface area contributed by atoms with Crippen LogP contribution in [0.3, 0.4) is 0 Å². The van der Waals surface area contributed by atoms with Crippen molar-refractivity contribution in [3.8, 4) is 5.75 Å². The first-order chi connectivity index (χ1) is 14.4. The van der Waals surface area contributed by atoms with Crippen molar-refractivity contribution in [3.05, 3.63) is 59.1 Å². The van der Waals surface area contributed by atoms with Crippen LogP contribution >= 0.6 is 11.6 Å². The maximum absolute atomic E-state index is 12.7. The molecule has 1 fully saturated rings. The van der Waals surface area contributed by atoms with Crippen LogP contribution in [0.2, 0.25) is 5.02 Å². The van der Waals surface area contributed by atoms with Gasteiger partial charge >= 0.3 is 0 Å². The lowest BCUT2D eigenvalue weighted by Gasteiger charge is -2.34. The molecule has 1 aliphatic heterocycles. The zero-order valence-corrected chi connectivity index (χ0v) is 18.7. The highest BCUT2D eigenvalue weighted by molar-refractivity contribution is 7.89. The molecule has 0 aromatic heterocycles. The molecule has 1 heterocycles. The van der Waals surface area contributed by atoms with Crippen LogP contribution in [-0.4, -0.2) is 56.3 Å². The quantitative estimate of drug-likeness (QED) is 0.575. The fourth-order valence-electron chi connectivity index (χ4n) is 3.37. The molecule has 8 heteroatoms. The number of ether oxygens (including phenoxy) is 1. The number of halogens is 1. The van der Waals surface area contributed by atoms with E-state index < -0.39 is 10.0 Å². The maximum Gasteiger partial charge on any atom is 0.243 e. The zero-order valence-electron chi connectivity index (χ0n) is 17.1. The second kappa shape index (κ2) is 10.3. The third-order valence-electron chi connectivity index (χ3n) is 5.09. The first-order valence-electron chi connectivity index (χ1n) is 10.1. The summed E-state index contributed by atoms with van der Waals surface area (Å²) in [7, 11) is -3.56. The summed E-state index contributed by atoms with van der Waals surface area (Å²) < 4.78 is 32.6. The van der Waals surface area contributed by atoms with E-state index in [2.05, 4.69) is 0 Å². The highest BCUT2D eigenvalue weighted by atomic mass is 35.5. The monoisotopic (exact) mass is 450 g/mol. The molecule has 3 rings (SSSR count). The maximum atomic E-state index is 12.7. The van der Waals surface area contributed by atoms with Gasteiger partial charge < -0.3 is 9.64 Å². The lowest BCUT2D eigenvalue weighted by atomic mass is 10.2. The first-order valence-corrected chi connectivity index (χ1v) is 11.9. The van der Waals surface area contributed by atoms with E-state index in [4.69, 9.17) is 16.3 Å². The van der Waals surface area contributed by atoms with Crippen LogP contribution in [0.25, 0.3) is 0 Å². The van der Waals surface area contributed by atoms with Gasteiger partial charge in [-0.15, -0.1) is 0 Å². The molecular formula is C22H27ClN2O4S. The topological polar surface area (TPSA) is 66.9 Å². The van der Waals surface area contributed by atoms with Crippen molar-refractivity contribution in [2.45, 2.75) is 31.1 Å². The molecule has 0 saturated carbocycles. The number of benzene rings is 2. The molecule has 1 saturated heterocycles. The van der Waals surface area contributed by atoms with E-state index in [9.17, 15) is 13.2 Å². The van der Waals surface area contributed by atoms with Crippen LogP contribution in [0.4, 0.5) is 0 Å². The average molecular weight is 451 g/mol. The molecule has 0 atom stereocenters. The molecule has 30 heavy (non-hydrogen) atoms. The lowest BCUT2D eigenvalue weighted by molar-refractivity contribution is -0.132. The standard InChI is InChI=1S/C22H27ClN2O4S/c1-18-5-4-6-20(17-18)29-16-3-2-7-22(26)24-12-14-25(15-13-24)30(27,28)21-10-8-19(23)9-11-21/h4-6,8-11,17H,2-3,7,12-16H2,1H3. The van der Waals surface area contributed by atoms with Crippen molar-refractivity contribution >= 4 is 27.5 Å². The number of nitrogens with zero attached hydrogens (tertiary/aromatic N) is 2. The Kier molecular flexibility index (Phi) is 7.75. The number of hydrogen-bond acceptors (Lipinski definition) is 4. The van der Waals surface area contributed by atoms with Crippen LogP contribution in [0.5, 0.6) is 5.75 Å². The number of rotatable bonds is 8. The molecule has 2 aromatic rings. The van der Waals surface area contributed by atoms with Crippen molar-refractivity contribution in [2.24, 2.45) is 0 Å². The summed E-state index contributed by atoms with van der Waals surface area (Å²) in [5, 5.41) is 0.494. The summed E-state index contributed by atoms with van der Waals surface area (Å²) >= 11 is 5.84. The van der Waals surface area contributed by atoms with E-state index in [0.717, 1.165) is 24.2 Å². The van der Waals surface area contributed by atoms with Gasteiger partial charge in [0.25, 0.3) is 0 Å². The fraction of sp³-hybridized carbons (Fsp3) is 0.409. The first kappa shape index (κ1) is 22.6. The van der Waals surface area contributed by atoms with Gasteiger partial charge in [0.2, 0.25) is 15.9 Å². The van der Waals surface area contributed by atoms with Gasteiger partial charge in [0.05, 0.1) is 11.5 Å². The van der Waals surface area contributed by atoms with Gasteiger partial charge in [0, 0.05) is 37.6 Å². The fourth-order valence-corrected chi connectivity index (χ4v) is 4.91. The van der Waals surface area contributed by atoms with E-state index in [1.165, 1.54) is 16.4 Å². The Labute approximate surface area is 183 Å². The Morgan fingerprint density at radius 2 is 1.73 bits per heavy atom. The number of carbonyl (C=O) groups is 1. The van der Waals surface area contributed by atoms with Gasteiger partial charge in [-0.25, -0.2) is 8.42 Å². The normalized spacial score (nSPS) is 15.2. The smallest absolute Gasteiger partial charge is 0.243 e. The second-order valence-corrected chi connectivity index (χ2v) is 9.74. The van der Waals surface area contributed by atoms with E-state index >= 15 is 0 Å². The molecule has 0 N–H and O–H groups in total. The van der Waals surface area contributed by atoms with Gasteiger partial charge in [0.15, 0.2) is 0 Å². The summed E-state index contributed by atoms with van der Waals surface area (Å²) in [6.45, 7) is 4.01. The minimum absolute atomic E-state index is 0.0640. The van der Waals surface area contributed by atoms with Gasteiger partial charge in [-0.1, -0.05) is 23.7 Å². The van der Waals surface area contributed by atoms with Crippen molar-refractivity contribution in [2.75, 3.05) is 32.8 Å². The number of hydrogen-bond donors (Lipinski definition) is 0. The van der Waals surface area contributed by atoms with Crippen molar-refractivity contribution in [1.82, 2.24) is 9.21 Å². The SMILES string of the molecule is Cc1cccc(OCCCCC(=O)N2CCN(S(=O)(=O)c3ccc(Cl)cc3)CC2)c1. The molecule has 0 radical (unpaired) electrons. The highest BCUT2D eigenvalue weighted by Gasteiger charge is 2.29. The predicted molar refractivity (Wildman–Crippen MR) is 117 cm³/mol. The highest BCUT2D eigenvalue weighted by Crippen LogP contribution is 2.20. The molecule has 0 unspecified atom stereocenters. The van der Waals surface area contributed by atoms with E-state index in [0.29, 0.717) is 44.2 Å². The minimum atomic E-state index is -3.56. The average Bonchev–Trinajstić information content (AvgIpc) is 2.74. The van der Waals surface area contributed by atoms with Gasteiger partial charge in [0.1, 0.15) is 5.75 Å². The molecule has 0 bridgehead atoms. The molecule has 0 spiro atoms. The molecule has 1 amide bonds. The van der Waals surface area contributed by atoms with Crippen LogP contribution in [0, 0.1) is 6.92 Å². The van der Waals surface area contributed by atoms with E-state index in [1.54, 1.807) is 17.0 Å². The molecule has 1 aliphatic rings. The van der Waals surface area contributed by atoms with Gasteiger partial charge in [-0.3, -0.25) is 4.79 Å². The summed E-state index contributed by atoms with van der Waals surface area (Å²) in [6, 6.07) is 14.0. The molecular weight excluding hydrogens is 424 g/mol. The Hall–Kier alpha value is -2.09. The number of sulfonamides is 1. The Bertz CT molecular complexity index is 955. The van der Waals surface area contributed by atoms with Crippen LogP contribution in [-0.2, 0) is 14.8 Å². The van der Waals surface area contributed by atoms with Gasteiger partial charge in [-0.2, -0.15) is 4.31 Å². The summed E-state index contributed by atoms with van der Waals surface area (Å²) in [5.74, 6) is 0.911. The van der Waals surface area contributed by atoms with Crippen LogP contribution < -0.4 is 4.74 Å². The number of carbonyl (C=O) groups excluding carboxylic acids is 1. The largest absolute Gasteiger partial charge is 0.494 e. The number of aryl methyl sites for hydroxylation is 1. The molecule has 162 valence electrons. The third kappa shape index (κ3) is 5.97. The van der Waals surface area contributed by atoms with Crippen molar-refractivity contribution in [1.29, 1.82) is 0 Å². The summed E-state index contributed by atoms with van der Waals surface area (Å²) in [4.78, 5) is 14.4. The Balaban J connectivity index is 1.39. The number of unbranched alkanes of at least 4 members (excludes halogenated alkanes) is 1. The Morgan fingerprint density at radius 1 is 1.03 bits per heavy atom. The third-order valence-corrected chi connectivity index (χ3v) is 7.25. The summed E-state index contributed by atoms with van der Waals surface area (Å²) in [6.07, 6.45) is 1.99. The van der Waals surface area contributed by atoms with E-state index in [1.807, 2.05) is 31.2 Å². The lowest BCUT2D eigenvalue weighted by Crippen LogP contribution is -2.50. The molecule has 6 nitrogen and oxygen atoms in total. The number of amides is 1. The van der Waals surface area contributed by atoms with Crippen molar-refractivity contribution < 1.29 is 17.9 Å². The molecule has 0 aliphatic carbocycles. The second-order valence-electron chi connectivity index (χ2n) is 7.36. The van der Waals surface area contributed by atoms with Gasteiger partial charge in [-0.05, 0) is 61.7 Å². The Morgan fingerprint density at radius 3 is 2.40 bits per heavy atom. The zero-order chi connectivity index (χ0) is 21.6. The van der Waals surface area contributed by atoms with Crippen LogP contribution in [0.15, 0.2) is 53.4 Å². The van der Waals surface area contributed by atoms with E-state index in [-0.39, 0.29) is 10.8 Å². The number of piperazine rings is 1. The van der Waals surface area contributed by atoms with Crippen molar-refractivity contribution in [3.63, 3.8) is 0 Å². The minimum Gasteiger partial charge on any atom is -0.494 e. The summed E-state index contributed by atoms with van der Waals surface area (Å²) in [5.41, 5.74) is 1.15. The predicted octanol–water partition coefficient (Wildman–Crippen LogP) is 3.73. The molecule has 2 aromatic carbocycles. The van der Waals surface area contributed by atoms with Crippen LogP contribution in [0.1, 0.15) is 24.8 Å².